The number of carbonyl (C=O) groups is 2. The molecule has 0 saturated carbocycles. The maximum absolute atomic E-state index is 11.0. The molecule has 0 aliphatic rings. The van der Waals surface area contributed by atoms with Crippen LogP contribution in [0.5, 0.6) is 0 Å². The molecule has 0 atom stereocenters. The predicted molar refractivity (Wildman–Crippen MR) is 169 cm³/mol. The van der Waals surface area contributed by atoms with Crippen molar-refractivity contribution in [1.29, 1.82) is 0 Å². The van der Waals surface area contributed by atoms with Crippen LogP contribution in [0.15, 0.2) is 0 Å². The van der Waals surface area contributed by atoms with Gasteiger partial charge in [0.25, 0.3) is 0 Å². The number of hydrogen-bond acceptors (Lipinski definition) is 4. The van der Waals surface area contributed by atoms with Gasteiger partial charge in [-0.1, -0.05) is 157 Å². The first-order valence-electron chi connectivity index (χ1n) is 14.5. The standard InChI is InChI=1S/2C11H21O2S.2C4H9.Sn/c2*1-2-3-4-5-6-7-8-11(12)13-9-10-14;2*1-3-4-2;/h2*2-10H2,1H3;2*1,3-4H2,2H3;. The number of hydrogen-bond donors (Lipinski definition) is 0. The molecule has 37 heavy (non-hydrogen) atoms. The van der Waals surface area contributed by atoms with E-state index < -0.39 is 0 Å². The average Bonchev–Trinajstić information content (AvgIpc) is 2.90. The predicted octanol–water partition coefficient (Wildman–Crippen LogP) is 9.82. The third-order valence-electron chi connectivity index (χ3n) is 4.87. The van der Waals surface area contributed by atoms with Gasteiger partial charge in [-0.3, -0.25) is 9.59 Å². The first kappa shape index (κ1) is 47.2. The number of ether oxygens (including phenoxy) is 2. The zero-order valence-electron chi connectivity index (χ0n) is 24.9. The fraction of sp³-hybridized carbons (Fsp3) is 0.867. The SMILES string of the molecule is CCCCCCCCC(=O)OCC[S].CCCCCCCCC(=O)OCC[S].[CH2]CCC.[CH2]CCC.[Sn]. The monoisotopic (exact) mass is 668 g/mol. The number of rotatable bonds is 20. The largest absolute Gasteiger partial charge is 0.465 e. The summed E-state index contributed by atoms with van der Waals surface area (Å²) in [5, 5.41) is 0. The Bertz CT molecular complexity index is 360. The molecule has 0 fully saturated rings. The average molecular weight is 668 g/mol. The Hall–Kier alpha value is 0.439. The molecule has 0 N–H and O–H groups in total. The van der Waals surface area contributed by atoms with Gasteiger partial charge in [0.1, 0.15) is 13.2 Å². The van der Waals surface area contributed by atoms with Crippen molar-refractivity contribution in [2.45, 2.75) is 143 Å². The molecule has 8 radical (unpaired) electrons. The molecule has 220 valence electrons. The van der Waals surface area contributed by atoms with Crippen molar-refractivity contribution in [2.24, 2.45) is 0 Å². The van der Waals surface area contributed by atoms with Gasteiger partial charge in [-0.25, -0.2) is 0 Å². The summed E-state index contributed by atoms with van der Waals surface area (Å²) < 4.78 is 9.75. The fourth-order valence-electron chi connectivity index (χ4n) is 2.55. The summed E-state index contributed by atoms with van der Waals surface area (Å²) in [6.45, 7) is 16.6. The van der Waals surface area contributed by atoms with Crippen LogP contribution in [-0.2, 0) is 19.1 Å². The van der Waals surface area contributed by atoms with Crippen molar-refractivity contribution in [3.05, 3.63) is 13.8 Å². The Morgan fingerprint density at radius 2 is 0.811 bits per heavy atom. The Labute approximate surface area is 260 Å². The maximum atomic E-state index is 11.0. The molecule has 4 nitrogen and oxygen atoms in total. The van der Waals surface area contributed by atoms with E-state index in [4.69, 9.17) is 9.47 Å². The third-order valence-corrected chi connectivity index (χ3v) is 5.20. The summed E-state index contributed by atoms with van der Waals surface area (Å²) in [4.78, 5) is 22.0. The van der Waals surface area contributed by atoms with Crippen LogP contribution in [0.2, 0.25) is 0 Å². The Morgan fingerprint density at radius 3 is 1.05 bits per heavy atom. The van der Waals surface area contributed by atoms with Gasteiger partial charge < -0.3 is 9.47 Å². The molecule has 0 amide bonds. The van der Waals surface area contributed by atoms with Crippen molar-refractivity contribution in [1.82, 2.24) is 0 Å². The van der Waals surface area contributed by atoms with E-state index in [0.29, 0.717) is 37.6 Å². The second-order valence-electron chi connectivity index (χ2n) is 8.59. The molecule has 0 spiro atoms. The van der Waals surface area contributed by atoms with Crippen molar-refractivity contribution in [3.8, 4) is 0 Å². The molecule has 7 heteroatoms. The molecule has 0 aromatic carbocycles. The minimum Gasteiger partial charge on any atom is -0.465 e. The molecular weight excluding hydrogens is 607 g/mol. The van der Waals surface area contributed by atoms with Crippen LogP contribution >= 0.6 is 25.3 Å². The van der Waals surface area contributed by atoms with Crippen molar-refractivity contribution >= 4 is 61.1 Å². The van der Waals surface area contributed by atoms with Crippen molar-refractivity contribution < 1.29 is 19.1 Å². The molecule has 0 bridgehead atoms. The zero-order chi connectivity index (χ0) is 28.1. The van der Waals surface area contributed by atoms with E-state index in [2.05, 4.69) is 66.8 Å². The van der Waals surface area contributed by atoms with Gasteiger partial charge >= 0.3 is 11.9 Å². The van der Waals surface area contributed by atoms with Crippen LogP contribution in [0.3, 0.4) is 0 Å². The quantitative estimate of drug-likeness (QED) is 0.0737. The molecule has 0 aliphatic heterocycles. The van der Waals surface area contributed by atoms with Crippen LogP contribution in [0.1, 0.15) is 143 Å². The van der Waals surface area contributed by atoms with Crippen LogP contribution < -0.4 is 0 Å². The minimum absolute atomic E-state index is 0. The molecule has 0 aliphatic carbocycles. The minimum atomic E-state index is -0.0923. The molecule has 0 rings (SSSR count). The first-order valence-corrected chi connectivity index (χ1v) is 15.7. The Balaban J connectivity index is -0.000000140. The Kier molecular flexibility index (Phi) is 63.1. The second kappa shape index (κ2) is 49.4. The maximum Gasteiger partial charge on any atom is 0.305 e. The zero-order valence-corrected chi connectivity index (χ0v) is 29.4. The van der Waals surface area contributed by atoms with Gasteiger partial charge in [-0.05, 0) is 12.8 Å². The summed E-state index contributed by atoms with van der Waals surface area (Å²) in [7, 11) is 0. The molecule has 0 saturated heterocycles. The second-order valence-corrected chi connectivity index (χ2v) is 9.41. The van der Waals surface area contributed by atoms with Crippen molar-refractivity contribution in [3.63, 3.8) is 0 Å². The van der Waals surface area contributed by atoms with Gasteiger partial charge in [-0.2, -0.15) is 0 Å². The summed E-state index contributed by atoms with van der Waals surface area (Å²) in [5.74, 6) is 0.820. The Morgan fingerprint density at radius 1 is 0.541 bits per heavy atom. The molecular formula is C30H60O4S2Sn. The van der Waals surface area contributed by atoms with Crippen LogP contribution in [-0.4, -0.2) is 60.6 Å². The van der Waals surface area contributed by atoms with E-state index in [1.807, 2.05) is 0 Å². The van der Waals surface area contributed by atoms with E-state index in [-0.39, 0.29) is 35.8 Å². The van der Waals surface area contributed by atoms with E-state index in [0.717, 1.165) is 38.5 Å². The molecule has 0 heterocycles. The first-order chi connectivity index (χ1) is 17.4. The fourth-order valence-corrected chi connectivity index (χ4v) is 2.72. The van der Waals surface area contributed by atoms with E-state index in [9.17, 15) is 9.59 Å². The van der Waals surface area contributed by atoms with Gasteiger partial charge in [0.2, 0.25) is 0 Å². The topological polar surface area (TPSA) is 52.6 Å². The smallest absolute Gasteiger partial charge is 0.305 e. The van der Waals surface area contributed by atoms with Crippen LogP contribution in [0.25, 0.3) is 0 Å². The molecule has 0 aromatic rings. The number of esters is 2. The molecule has 0 aromatic heterocycles. The van der Waals surface area contributed by atoms with E-state index >= 15 is 0 Å². The number of unbranched alkanes of at least 4 members (excludes halogenated alkanes) is 12. The van der Waals surface area contributed by atoms with Gasteiger partial charge in [-0.15, -0.1) is 0 Å². The van der Waals surface area contributed by atoms with Crippen molar-refractivity contribution in [2.75, 3.05) is 24.7 Å². The van der Waals surface area contributed by atoms with Gasteiger partial charge in [0.05, 0.1) is 0 Å². The number of carbonyl (C=O) groups excluding carboxylic acids is 2. The summed E-state index contributed by atoms with van der Waals surface area (Å²) in [5.41, 5.74) is 0. The molecule has 0 unspecified atom stereocenters. The van der Waals surface area contributed by atoms with Crippen LogP contribution in [0.4, 0.5) is 0 Å². The normalized spacial score (nSPS) is 9.30. The van der Waals surface area contributed by atoms with Gasteiger partial charge in [0, 0.05) is 48.3 Å². The summed E-state index contributed by atoms with van der Waals surface area (Å²) in [6.07, 6.45) is 20.1. The van der Waals surface area contributed by atoms with Crippen LogP contribution in [0, 0.1) is 13.8 Å². The third kappa shape index (κ3) is 61.8. The van der Waals surface area contributed by atoms with E-state index in [1.54, 1.807) is 0 Å². The summed E-state index contributed by atoms with van der Waals surface area (Å²) >= 11 is 9.35. The van der Waals surface area contributed by atoms with Gasteiger partial charge in [0.15, 0.2) is 0 Å². The van der Waals surface area contributed by atoms with E-state index in [1.165, 1.54) is 64.2 Å². The summed E-state index contributed by atoms with van der Waals surface area (Å²) in [6, 6.07) is 0.